The third-order valence-corrected chi connectivity index (χ3v) is 3.49. The fourth-order valence-corrected chi connectivity index (χ4v) is 2.46. The van der Waals surface area contributed by atoms with E-state index in [1.807, 2.05) is 16.8 Å². The number of nitrogens with one attached hydrogen (secondary N) is 2. The Labute approximate surface area is 123 Å². The van der Waals surface area contributed by atoms with Crippen molar-refractivity contribution in [2.24, 2.45) is 0 Å². The highest BCUT2D eigenvalue weighted by molar-refractivity contribution is 7.07. The van der Waals surface area contributed by atoms with Gasteiger partial charge in [-0.15, -0.1) is 0 Å². The highest BCUT2D eigenvalue weighted by Crippen LogP contribution is 2.34. The quantitative estimate of drug-likeness (QED) is 0.875. The molecule has 2 rings (SSSR count). The molecule has 0 aliphatic carbocycles. The first-order valence-corrected chi connectivity index (χ1v) is 7.13. The molecule has 0 spiro atoms. The molecule has 0 atom stereocenters. The van der Waals surface area contributed by atoms with Crippen LogP contribution in [0.4, 0.5) is 23.7 Å². The zero-order valence-electron chi connectivity index (χ0n) is 10.9. The van der Waals surface area contributed by atoms with Crippen LogP contribution >= 0.6 is 11.3 Å². The van der Waals surface area contributed by atoms with E-state index in [9.17, 15) is 18.0 Å². The van der Waals surface area contributed by atoms with E-state index in [2.05, 4.69) is 10.6 Å². The SMILES string of the molecule is O=C(NCCc1ccsc1)Nc1ccccc1C(F)(F)F. The summed E-state index contributed by atoms with van der Waals surface area (Å²) in [5.41, 5.74) is -0.0352. The summed E-state index contributed by atoms with van der Waals surface area (Å²) >= 11 is 1.55. The van der Waals surface area contributed by atoms with Crippen molar-refractivity contribution < 1.29 is 18.0 Å². The highest BCUT2D eigenvalue weighted by atomic mass is 32.1. The molecule has 0 saturated heterocycles. The molecule has 2 N–H and O–H groups in total. The molecular weight excluding hydrogens is 301 g/mol. The molecule has 2 aromatic rings. The van der Waals surface area contributed by atoms with Gasteiger partial charge >= 0.3 is 12.2 Å². The Morgan fingerprint density at radius 1 is 1.19 bits per heavy atom. The van der Waals surface area contributed by atoms with E-state index >= 15 is 0 Å². The lowest BCUT2D eigenvalue weighted by molar-refractivity contribution is -0.136. The van der Waals surface area contributed by atoms with Crippen LogP contribution in [0.15, 0.2) is 41.1 Å². The number of thiophene rings is 1. The van der Waals surface area contributed by atoms with E-state index in [0.29, 0.717) is 13.0 Å². The van der Waals surface area contributed by atoms with Gasteiger partial charge in [0.25, 0.3) is 0 Å². The second-order valence-electron chi connectivity index (χ2n) is 4.31. The van der Waals surface area contributed by atoms with Gasteiger partial charge in [-0.3, -0.25) is 0 Å². The number of halogens is 3. The van der Waals surface area contributed by atoms with E-state index < -0.39 is 17.8 Å². The van der Waals surface area contributed by atoms with Gasteiger partial charge in [-0.05, 0) is 40.9 Å². The molecule has 0 aliphatic heterocycles. The van der Waals surface area contributed by atoms with Crippen molar-refractivity contribution in [2.45, 2.75) is 12.6 Å². The Balaban J connectivity index is 1.91. The minimum atomic E-state index is -4.50. The van der Waals surface area contributed by atoms with Gasteiger partial charge in [-0.25, -0.2) is 4.79 Å². The summed E-state index contributed by atoms with van der Waals surface area (Å²) in [5.74, 6) is 0. The summed E-state index contributed by atoms with van der Waals surface area (Å²) in [6.07, 6.45) is -3.86. The van der Waals surface area contributed by atoms with Crippen molar-refractivity contribution in [1.29, 1.82) is 0 Å². The molecule has 1 aromatic carbocycles. The maximum Gasteiger partial charge on any atom is 0.418 e. The predicted molar refractivity (Wildman–Crippen MR) is 76.5 cm³/mol. The number of urea groups is 1. The van der Waals surface area contributed by atoms with Crippen molar-refractivity contribution in [3.05, 3.63) is 52.2 Å². The smallest absolute Gasteiger partial charge is 0.338 e. The number of alkyl halides is 3. The number of anilines is 1. The first-order chi connectivity index (χ1) is 9.97. The van der Waals surface area contributed by atoms with Gasteiger partial charge in [0.2, 0.25) is 0 Å². The Morgan fingerprint density at radius 3 is 2.62 bits per heavy atom. The Bertz CT molecular complexity index is 597. The monoisotopic (exact) mass is 314 g/mol. The average Bonchev–Trinajstić information content (AvgIpc) is 2.91. The molecule has 0 aliphatic rings. The predicted octanol–water partition coefficient (Wildman–Crippen LogP) is 4.13. The average molecular weight is 314 g/mol. The fourth-order valence-electron chi connectivity index (χ4n) is 1.76. The second kappa shape index (κ2) is 6.62. The van der Waals surface area contributed by atoms with Crippen LogP contribution in [-0.4, -0.2) is 12.6 Å². The minimum absolute atomic E-state index is 0.252. The summed E-state index contributed by atoms with van der Waals surface area (Å²) in [6, 6.07) is 6.16. The van der Waals surface area contributed by atoms with Crippen molar-refractivity contribution in [1.82, 2.24) is 5.32 Å². The number of hydrogen-bond acceptors (Lipinski definition) is 2. The minimum Gasteiger partial charge on any atom is -0.338 e. The summed E-state index contributed by atoms with van der Waals surface area (Å²) < 4.78 is 38.3. The summed E-state index contributed by atoms with van der Waals surface area (Å²) in [4.78, 5) is 11.6. The van der Waals surface area contributed by atoms with E-state index in [1.165, 1.54) is 18.2 Å². The van der Waals surface area contributed by atoms with Gasteiger partial charge in [-0.1, -0.05) is 12.1 Å². The second-order valence-corrected chi connectivity index (χ2v) is 5.09. The van der Waals surface area contributed by atoms with Crippen molar-refractivity contribution >= 4 is 23.1 Å². The maximum absolute atomic E-state index is 12.8. The fraction of sp³-hybridized carbons (Fsp3) is 0.214. The number of carbonyl (C=O) groups excluding carboxylic acids is 1. The van der Waals surface area contributed by atoms with Gasteiger partial charge < -0.3 is 10.6 Å². The molecule has 0 fully saturated rings. The number of amides is 2. The standard InChI is InChI=1S/C14H13F3N2OS/c15-14(16,17)11-3-1-2-4-12(11)19-13(20)18-7-5-10-6-8-21-9-10/h1-4,6,8-9H,5,7H2,(H2,18,19,20). The first kappa shape index (κ1) is 15.4. The zero-order chi connectivity index (χ0) is 15.3. The summed E-state index contributed by atoms with van der Waals surface area (Å²) in [7, 11) is 0. The van der Waals surface area contributed by atoms with Crippen LogP contribution in [0.1, 0.15) is 11.1 Å². The number of rotatable bonds is 4. The van der Waals surface area contributed by atoms with Gasteiger partial charge in [0.1, 0.15) is 0 Å². The Hall–Kier alpha value is -2.02. The number of benzene rings is 1. The van der Waals surface area contributed by atoms with Gasteiger partial charge in [-0.2, -0.15) is 24.5 Å². The first-order valence-electron chi connectivity index (χ1n) is 6.19. The molecule has 1 aromatic heterocycles. The molecule has 3 nitrogen and oxygen atoms in total. The molecular formula is C14H13F3N2OS. The Kier molecular flexibility index (Phi) is 4.85. The number of hydrogen-bond donors (Lipinski definition) is 2. The molecule has 112 valence electrons. The molecule has 0 unspecified atom stereocenters. The molecule has 21 heavy (non-hydrogen) atoms. The van der Waals surface area contributed by atoms with Crippen LogP contribution < -0.4 is 10.6 Å². The summed E-state index contributed by atoms with van der Waals surface area (Å²) in [5, 5.41) is 8.65. The van der Waals surface area contributed by atoms with Crippen molar-refractivity contribution in [3.63, 3.8) is 0 Å². The number of carbonyl (C=O) groups is 1. The van der Waals surface area contributed by atoms with Crippen molar-refractivity contribution in [3.8, 4) is 0 Å². The number of para-hydroxylation sites is 1. The van der Waals surface area contributed by atoms with E-state index in [4.69, 9.17) is 0 Å². The van der Waals surface area contributed by atoms with Gasteiger partial charge in [0.05, 0.1) is 11.3 Å². The van der Waals surface area contributed by atoms with Crippen LogP contribution in [0.3, 0.4) is 0 Å². The van der Waals surface area contributed by atoms with E-state index in [0.717, 1.165) is 11.6 Å². The van der Waals surface area contributed by atoms with Gasteiger partial charge in [0, 0.05) is 6.54 Å². The largest absolute Gasteiger partial charge is 0.418 e. The highest BCUT2D eigenvalue weighted by Gasteiger charge is 2.33. The molecule has 2 amide bonds. The van der Waals surface area contributed by atoms with Crippen LogP contribution in [-0.2, 0) is 12.6 Å². The zero-order valence-corrected chi connectivity index (χ0v) is 11.7. The third kappa shape index (κ3) is 4.49. The lowest BCUT2D eigenvalue weighted by atomic mass is 10.1. The van der Waals surface area contributed by atoms with Gasteiger partial charge in [0.15, 0.2) is 0 Å². The molecule has 1 heterocycles. The van der Waals surface area contributed by atoms with Crippen LogP contribution in [0.5, 0.6) is 0 Å². The normalized spacial score (nSPS) is 11.2. The summed E-state index contributed by atoms with van der Waals surface area (Å²) in [6.45, 7) is 0.358. The molecule has 0 saturated carbocycles. The van der Waals surface area contributed by atoms with E-state index in [1.54, 1.807) is 11.3 Å². The van der Waals surface area contributed by atoms with E-state index in [-0.39, 0.29) is 5.69 Å². The van der Waals surface area contributed by atoms with Crippen LogP contribution in [0.25, 0.3) is 0 Å². The van der Waals surface area contributed by atoms with Crippen molar-refractivity contribution in [2.75, 3.05) is 11.9 Å². The lowest BCUT2D eigenvalue weighted by Crippen LogP contribution is -2.31. The molecule has 0 radical (unpaired) electrons. The lowest BCUT2D eigenvalue weighted by Gasteiger charge is -2.13. The molecule has 0 bridgehead atoms. The Morgan fingerprint density at radius 2 is 1.95 bits per heavy atom. The topological polar surface area (TPSA) is 41.1 Å². The molecule has 7 heteroatoms. The maximum atomic E-state index is 12.8. The third-order valence-electron chi connectivity index (χ3n) is 2.76. The van der Waals surface area contributed by atoms with Crippen LogP contribution in [0.2, 0.25) is 0 Å². The van der Waals surface area contributed by atoms with Crippen LogP contribution in [0, 0.1) is 0 Å².